The molecule has 2 aromatic rings. The van der Waals surface area contributed by atoms with Gasteiger partial charge in [-0.15, -0.1) is 0 Å². The molecule has 112 valence electrons. The van der Waals surface area contributed by atoms with E-state index in [4.69, 9.17) is 0 Å². The van der Waals surface area contributed by atoms with Crippen LogP contribution < -0.4 is 10.6 Å². The number of thiophene rings is 1. The Hall–Kier alpha value is -2.47. The molecule has 0 saturated carbocycles. The Morgan fingerprint density at radius 2 is 2.00 bits per heavy atom. The van der Waals surface area contributed by atoms with Gasteiger partial charge in [0.25, 0.3) is 5.91 Å². The van der Waals surface area contributed by atoms with Gasteiger partial charge in [0.05, 0.1) is 11.5 Å². The van der Waals surface area contributed by atoms with Gasteiger partial charge in [0.1, 0.15) is 0 Å². The third kappa shape index (κ3) is 3.23. The Labute approximate surface area is 131 Å². The number of imide groups is 1. The zero-order chi connectivity index (χ0) is 15.5. The third-order valence-corrected chi connectivity index (χ3v) is 4.23. The predicted molar refractivity (Wildman–Crippen MR) is 83.7 cm³/mol. The van der Waals surface area contributed by atoms with Crippen molar-refractivity contribution in [3.8, 4) is 0 Å². The first kappa shape index (κ1) is 14.5. The molecular formula is C16H14N2O3S. The van der Waals surface area contributed by atoms with Gasteiger partial charge in [-0.2, -0.15) is 11.3 Å². The third-order valence-electron chi connectivity index (χ3n) is 3.54. The number of amides is 3. The summed E-state index contributed by atoms with van der Waals surface area (Å²) < 4.78 is 0. The van der Waals surface area contributed by atoms with Gasteiger partial charge in [-0.05, 0) is 35.6 Å². The van der Waals surface area contributed by atoms with Crippen molar-refractivity contribution in [2.45, 2.75) is 12.8 Å². The first-order chi connectivity index (χ1) is 10.6. The standard InChI is InChI=1S/C16H14N2O3S/c19-14-8-12(16(21)18-14)7-10-1-3-13(4-2-10)17-15(20)11-5-6-22-9-11/h1-6,9,12H,7-8H2,(H,17,20)(H,18,19,21). The van der Waals surface area contributed by atoms with Crippen molar-refractivity contribution >= 4 is 34.7 Å². The number of hydrogen-bond donors (Lipinski definition) is 2. The highest BCUT2D eigenvalue weighted by molar-refractivity contribution is 7.08. The van der Waals surface area contributed by atoms with Crippen LogP contribution in [0, 0.1) is 5.92 Å². The predicted octanol–water partition coefficient (Wildman–Crippen LogP) is 2.21. The first-order valence-electron chi connectivity index (χ1n) is 6.88. The van der Waals surface area contributed by atoms with E-state index in [1.54, 1.807) is 23.6 Å². The molecule has 1 aromatic heterocycles. The van der Waals surface area contributed by atoms with Crippen LogP contribution in [0.25, 0.3) is 0 Å². The summed E-state index contributed by atoms with van der Waals surface area (Å²) in [6, 6.07) is 9.09. The van der Waals surface area contributed by atoms with Crippen molar-refractivity contribution in [2.75, 3.05) is 5.32 Å². The minimum Gasteiger partial charge on any atom is -0.322 e. The Morgan fingerprint density at radius 3 is 2.59 bits per heavy atom. The summed E-state index contributed by atoms with van der Waals surface area (Å²) >= 11 is 1.47. The molecule has 3 rings (SSSR count). The fraction of sp³-hybridized carbons (Fsp3) is 0.188. The van der Waals surface area contributed by atoms with Gasteiger partial charge in [-0.1, -0.05) is 12.1 Å². The average Bonchev–Trinajstić information content (AvgIpc) is 3.12. The molecule has 0 spiro atoms. The van der Waals surface area contributed by atoms with Crippen molar-refractivity contribution < 1.29 is 14.4 Å². The molecule has 22 heavy (non-hydrogen) atoms. The van der Waals surface area contributed by atoms with Gasteiger partial charge in [0.2, 0.25) is 11.8 Å². The Balaban J connectivity index is 1.62. The maximum absolute atomic E-state index is 11.9. The van der Waals surface area contributed by atoms with Gasteiger partial charge in [-0.25, -0.2) is 0 Å². The van der Waals surface area contributed by atoms with E-state index in [0.29, 0.717) is 17.7 Å². The topological polar surface area (TPSA) is 75.3 Å². The summed E-state index contributed by atoms with van der Waals surface area (Å²) in [6.45, 7) is 0. The molecule has 1 saturated heterocycles. The van der Waals surface area contributed by atoms with Crippen molar-refractivity contribution in [1.29, 1.82) is 0 Å². The minimum atomic E-state index is -0.293. The molecular weight excluding hydrogens is 300 g/mol. The lowest BCUT2D eigenvalue weighted by Crippen LogP contribution is -2.22. The smallest absolute Gasteiger partial charge is 0.256 e. The molecule has 0 radical (unpaired) electrons. The Bertz CT molecular complexity index is 708. The Kier molecular flexibility index (Phi) is 4.02. The summed E-state index contributed by atoms with van der Waals surface area (Å²) in [6.07, 6.45) is 0.770. The summed E-state index contributed by atoms with van der Waals surface area (Å²) in [5.41, 5.74) is 2.30. The SMILES string of the molecule is O=C1CC(Cc2ccc(NC(=O)c3ccsc3)cc2)C(=O)N1. The van der Waals surface area contributed by atoms with Crippen LogP contribution in [0.5, 0.6) is 0 Å². The van der Waals surface area contributed by atoms with Crippen LogP contribution in [0.3, 0.4) is 0 Å². The normalized spacial score (nSPS) is 17.4. The van der Waals surface area contributed by atoms with Crippen LogP contribution >= 0.6 is 11.3 Å². The first-order valence-corrected chi connectivity index (χ1v) is 7.82. The highest BCUT2D eigenvalue weighted by atomic mass is 32.1. The lowest BCUT2D eigenvalue weighted by molar-refractivity contribution is -0.125. The van der Waals surface area contributed by atoms with E-state index in [1.807, 2.05) is 17.5 Å². The van der Waals surface area contributed by atoms with E-state index in [-0.39, 0.29) is 30.1 Å². The zero-order valence-electron chi connectivity index (χ0n) is 11.7. The molecule has 3 amide bonds. The summed E-state index contributed by atoms with van der Waals surface area (Å²) in [7, 11) is 0. The van der Waals surface area contributed by atoms with Crippen LogP contribution in [0.2, 0.25) is 0 Å². The molecule has 1 aliphatic rings. The number of rotatable bonds is 4. The van der Waals surface area contributed by atoms with Crippen molar-refractivity contribution in [3.63, 3.8) is 0 Å². The van der Waals surface area contributed by atoms with Crippen LogP contribution in [-0.2, 0) is 16.0 Å². The molecule has 1 atom stereocenters. The van der Waals surface area contributed by atoms with Gasteiger partial charge in [-0.3, -0.25) is 19.7 Å². The molecule has 6 heteroatoms. The van der Waals surface area contributed by atoms with Crippen molar-refractivity contribution in [3.05, 3.63) is 52.2 Å². The highest BCUT2D eigenvalue weighted by Crippen LogP contribution is 2.19. The van der Waals surface area contributed by atoms with Gasteiger partial charge >= 0.3 is 0 Å². The van der Waals surface area contributed by atoms with Gasteiger partial charge in [0.15, 0.2) is 0 Å². The second-order valence-electron chi connectivity index (χ2n) is 5.18. The maximum atomic E-state index is 11.9. The molecule has 2 N–H and O–H groups in total. The molecule has 1 fully saturated rings. The number of hydrogen-bond acceptors (Lipinski definition) is 4. The zero-order valence-corrected chi connectivity index (χ0v) is 12.5. The average molecular weight is 314 g/mol. The maximum Gasteiger partial charge on any atom is 0.256 e. The number of nitrogens with one attached hydrogen (secondary N) is 2. The summed E-state index contributed by atoms with van der Waals surface area (Å²) in [5, 5.41) is 8.77. The second-order valence-corrected chi connectivity index (χ2v) is 5.96. The minimum absolute atomic E-state index is 0.144. The number of benzene rings is 1. The van der Waals surface area contributed by atoms with E-state index in [1.165, 1.54) is 11.3 Å². The number of carbonyl (C=O) groups excluding carboxylic acids is 3. The fourth-order valence-corrected chi connectivity index (χ4v) is 3.01. The fourth-order valence-electron chi connectivity index (χ4n) is 2.38. The molecule has 2 heterocycles. The van der Waals surface area contributed by atoms with E-state index < -0.39 is 0 Å². The molecule has 1 aliphatic heterocycles. The van der Waals surface area contributed by atoms with E-state index in [2.05, 4.69) is 10.6 Å². The lowest BCUT2D eigenvalue weighted by Gasteiger charge is -2.08. The van der Waals surface area contributed by atoms with Crippen LogP contribution in [0.4, 0.5) is 5.69 Å². The van der Waals surface area contributed by atoms with Gasteiger partial charge < -0.3 is 5.32 Å². The molecule has 1 unspecified atom stereocenters. The lowest BCUT2D eigenvalue weighted by atomic mass is 9.98. The molecule has 5 nitrogen and oxygen atoms in total. The van der Waals surface area contributed by atoms with E-state index >= 15 is 0 Å². The molecule has 0 aliphatic carbocycles. The van der Waals surface area contributed by atoms with Crippen LogP contribution in [0.1, 0.15) is 22.3 Å². The molecule has 0 bridgehead atoms. The quantitative estimate of drug-likeness (QED) is 0.850. The van der Waals surface area contributed by atoms with E-state index in [0.717, 1.165) is 5.56 Å². The summed E-state index contributed by atoms with van der Waals surface area (Å²) in [4.78, 5) is 34.6. The number of carbonyl (C=O) groups is 3. The van der Waals surface area contributed by atoms with Crippen LogP contribution in [0.15, 0.2) is 41.1 Å². The van der Waals surface area contributed by atoms with Crippen molar-refractivity contribution in [1.82, 2.24) is 5.32 Å². The number of anilines is 1. The van der Waals surface area contributed by atoms with Crippen molar-refractivity contribution in [2.24, 2.45) is 5.92 Å². The summed E-state index contributed by atoms with van der Waals surface area (Å²) in [5.74, 6) is -0.858. The highest BCUT2D eigenvalue weighted by Gasteiger charge is 2.30. The monoisotopic (exact) mass is 314 g/mol. The second kappa shape index (κ2) is 6.11. The van der Waals surface area contributed by atoms with Crippen LogP contribution in [-0.4, -0.2) is 17.7 Å². The Morgan fingerprint density at radius 1 is 1.23 bits per heavy atom. The van der Waals surface area contributed by atoms with E-state index in [9.17, 15) is 14.4 Å². The molecule has 1 aromatic carbocycles. The van der Waals surface area contributed by atoms with Gasteiger partial charge in [0, 0.05) is 17.5 Å². The largest absolute Gasteiger partial charge is 0.322 e.